The fourth-order valence-electron chi connectivity index (χ4n) is 4.53. The van der Waals surface area contributed by atoms with Gasteiger partial charge in [-0.1, -0.05) is 0 Å². The molecule has 0 spiro atoms. The van der Waals surface area contributed by atoms with Gasteiger partial charge in [0.15, 0.2) is 18.9 Å². The molecule has 13 heteroatoms. The summed E-state index contributed by atoms with van der Waals surface area (Å²) in [4.78, 5) is 0. The van der Waals surface area contributed by atoms with Crippen LogP contribution in [0.25, 0.3) is 0 Å². The molecule has 13 nitrogen and oxygen atoms in total. The number of ether oxygens (including phenoxy) is 7. The van der Waals surface area contributed by atoms with Crippen molar-refractivity contribution in [1.29, 1.82) is 0 Å². The standard InChI is InChI=1S/C21H36O13/c1-9-19(16(25)18(27)21(31-9)32-10-3-2-4-28-6-10)34-14-5-13(11(22)7-29-14)33-20-17(26)15(24)12(23)8-30-20/h9-27H,2-8H2,1H3/t9-,10+,11+,12+,13+,14-,15-,16-,17+,18+,19-,20-,21-/m0/s1. The smallest absolute Gasteiger partial charge is 0.186 e. The van der Waals surface area contributed by atoms with Crippen LogP contribution >= 0.6 is 0 Å². The molecule has 4 rings (SSSR count). The molecule has 0 amide bonds. The van der Waals surface area contributed by atoms with Crippen molar-refractivity contribution in [2.75, 3.05) is 26.4 Å². The zero-order valence-electron chi connectivity index (χ0n) is 19.0. The van der Waals surface area contributed by atoms with E-state index in [9.17, 15) is 30.6 Å². The topological polar surface area (TPSA) is 186 Å². The maximum atomic E-state index is 10.7. The summed E-state index contributed by atoms with van der Waals surface area (Å²) in [6.07, 6.45) is -12.3. The molecule has 0 radical (unpaired) electrons. The zero-order valence-corrected chi connectivity index (χ0v) is 19.0. The van der Waals surface area contributed by atoms with Crippen molar-refractivity contribution in [1.82, 2.24) is 0 Å². The molecule has 198 valence electrons. The Balaban J connectivity index is 1.31. The number of hydrogen-bond acceptors (Lipinski definition) is 13. The minimum absolute atomic E-state index is 0.0117. The maximum Gasteiger partial charge on any atom is 0.186 e. The molecule has 4 aliphatic heterocycles. The van der Waals surface area contributed by atoms with Gasteiger partial charge in [0.25, 0.3) is 0 Å². The summed E-state index contributed by atoms with van der Waals surface area (Å²) in [5.74, 6) is 0. The van der Waals surface area contributed by atoms with E-state index in [1.807, 2.05) is 0 Å². The van der Waals surface area contributed by atoms with Crippen molar-refractivity contribution in [2.24, 2.45) is 0 Å². The Bertz CT molecular complexity index is 634. The second-order valence-electron chi connectivity index (χ2n) is 9.26. The number of rotatable bonds is 6. The molecule has 0 saturated carbocycles. The highest BCUT2D eigenvalue weighted by Gasteiger charge is 2.47. The van der Waals surface area contributed by atoms with Crippen LogP contribution in [0.2, 0.25) is 0 Å². The number of aliphatic hydroxyl groups excluding tert-OH is 6. The molecule has 0 unspecified atom stereocenters. The highest BCUT2D eigenvalue weighted by Crippen LogP contribution is 2.30. The molecular formula is C21H36O13. The summed E-state index contributed by atoms with van der Waals surface area (Å²) in [6, 6.07) is 0. The van der Waals surface area contributed by atoms with Gasteiger partial charge in [0.05, 0.1) is 38.1 Å². The third kappa shape index (κ3) is 6.06. The molecule has 13 atom stereocenters. The van der Waals surface area contributed by atoms with Crippen molar-refractivity contribution in [2.45, 2.75) is 106 Å². The predicted octanol–water partition coefficient (Wildman–Crippen LogP) is -3.03. The van der Waals surface area contributed by atoms with Crippen LogP contribution in [0.3, 0.4) is 0 Å². The molecule has 4 aliphatic rings. The molecular weight excluding hydrogens is 460 g/mol. The lowest BCUT2D eigenvalue weighted by molar-refractivity contribution is -0.346. The third-order valence-electron chi connectivity index (χ3n) is 6.60. The van der Waals surface area contributed by atoms with Gasteiger partial charge in [0.1, 0.15) is 42.7 Å². The van der Waals surface area contributed by atoms with E-state index in [-0.39, 0.29) is 25.7 Å². The van der Waals surface area contributed by atoms with Crippen LogP contribution in [0, 0.1) is 0 Å². The Labute approximate surface area is 197 Å². The van der Waals surface area contributed by atoms with Crippen LogP contribution in [-0.4, -0.2) is 137 Å². The Morgan fingerprint density at radius 3 is 2.21 bits per heavy atom. The fourth-order valence-corrected chi connectivity index (χ4v) is 4.53. The normalized spacial score (nSPS) is 50.7. The van der Waals surface area contributed by atoms with Gasteiger partial charge in [0.2, 0.25) is 0 Å². The van der Waals surface area contributed by atoms with E-state index >= 15 is 0 Å². The zero-order chi connectivity index (χ0) is 24.4. The summed E-state index contributed by atoms with van der Waals surface area (Å²) in [5.41, 5.74) is 0. The van der Waals surface area contributed by atoms with Crippen LogP contribution in [-0.2, 0) is 33.2 Å². The summed E-state index contributed by atoms with van der Waals surface area (Å²) in [7, 11) is 0. The molecule has 4 fully saturated rings. The van der Waals surface area contributed by atoms with Crippen LogP contribution in [0.15, 0.2) is 0 Å². The molecule has 0 aromatic heterocycles. The molecule has 34 heavy (non-hydrogen) atoms. The van der Waals surface area contributed by atoms with E-state index in [1.54, 1.807) is 6.92 Å². The van der Waals surface area contributed by atoms with Gasteiger partial charge in [-0.3, -0.25) is 0 Å². The first kappa shape index (κ1) is 26.5. The maximum absolute atomic E-state index is 10.7. The monoisotopic (exact) mass is 496 g/mol. The van der Waals surface area contributed by atoms with E-state index in [4.69, 9.17) is 33.2 Å². The fraction of sp³-hybridized carbons (Fsp3) is 1.00. The molecule has 4 saturated heterocycles. The van der Waals surface area contributed by atoms with Crippen LogP contribution in [0.5, 0.6) is 0 Å². The van der Waals surface area contributed by atoms with Crippen molar-refractivity contribution in [3.63, 3.8) is 0 Å². The van der Waals surface area contributed by atoms with E-state index in [0.29, 0.717) is 13.2 Å². The minimum Gasteiger partial charge on any atom is -0.388 e. The molecule has 0 aromatic rings. The molecule has 0 bridgehead atoms. The summed E-state index contributed by atoms with van der Waals surface area (Å²) < 4.78 is 39.2. The predicted molar refractivity (Wildman–Crippen MR) is 109 cm³/mol. The molecule has 0 aliphatic carbocycles. The van der Waals surface area contributed by atoms with Gasteiger partial charge in [-0.25, -0.2) is 0 Å². The van der Waals surface area contributed by atoms with Gasteiger partial charge in [-0.15, -0.1) is 0 Å². The Morgan fingerprint density at radius 2 is 1.47 bits per heavy atom. The lowest BCUT2D eigenvalue weighted by Gasteiger charge is -2.45. The largest absolute Gasteiger partial charge is 0.388 e. The Kier molecular flexibility index (Phi) is 9.12. The van der Waals surface area contributed by atoms with E-state index < -0.39 is 73.8 Å². The minimum atomic E-state index is -1.51. The molecule has 4 heterocycles. The highest BCUT2D eigenvalue weighted by molar-refractivity contribution is 4.90. The Morgan fingerprint density at radius 1 is 0.735 bits per heavy atom. The Hall–Kier alpha value is -0.520. The molecule has 6 N–H and O–H groups in total. The van der Waals surface area contributed by atoms with E-state index in [0.717, 1.165) is 12.8 Å². The number of hydrogen-bond donors (Lipinski definition) is 6. The van der Waals surface area contributed by atoms with Crippen molar-refractivity contribution in [3.05, 3.63) is 0 Å². The van der Waals surface area contributed by atoms with Gasteiger partial charge in [-0.05, 0) is 19.8 Å². The first-order valence-corrected chi connectivity index (χ1v) is 11.8. The average molecular weight is 497 g/mol. The quantitative estimate of drug-likeness (QED) is 0.218. The second-order valence-corrected chi connectivity index (χ2v) is 9.26. The summed E-state index contributed by atoms with van der Waals surface area (Å²) in [6.45, 7) is 2.35. The van der Waals surface area contributed by atoms with Crippen LogP contribution in [0.1, 0.15) is 26.2 Å². The van der Waals surface area contributed by atoms with E-state index in [1.165, 1.54) is 0 Å². The van der Waals surface area contributed by atoms with Crippen molar-refractivity contribution in [3.8, 4) is 0 Å². The van der Waals surface area contributed by atoms with Crippen LogP contribution < -0.4 is 0 Å². The van der Waals surface area contributed by atoms with Crippen LogP contribution in [0.4, 0.5) is 0 Å². The van der Waals surface area contributed by atoms with Crippen molar-refractivity contribution < 1.29 is 63.8 Å². The van der Waals surface area contributed by atoms with Crippen molar-refractivity contribution >= 4 is 0 Å². The second kappa shape index (κ2) is 11.7. The lowest BCUT2D eigenvalue weighted by atomic mass is 9.99. The van der Waals surface area contributed by atoms with Gasteiger partial charge in [0, 0.05) is 13.0 Å². The van der Waals surface area contributed by atoms with Gasteiger partial charge >= 0.3 is 0 Å². The summed E-state index contributed by atoms with van der Waals surface area (Å²) >= 11 is 0. The van der Waals surface area contributed by atoms with Gasteiger partial charge in [-0.2, -0.15) is 0 Å². The van der Waals surface area contributed by atoms with E-state index in [2.05, 4.69) is 0 Å². The third-order valence-corrected chi connectivity index (χ3v) is 6.60. The highest BCUT2D eigenvalue weighted by atomic mass is 16.7. The van der Waals surface area contributed by atoms with Gasteiger partial charge < -0.3 is 63.8 Å². The average Bonchev–Trinajstić information content (AvgIpc) is 2.83. The lowest BCUT2D eigenvalue weighted by Crippen LogP contribution is -2.60. The summed E-state index contributed by atoms with van der Waals surface area (Å²) in [5, 5.41) is 61.0. The SMILES string of the molecule is C[C@@H]1O[C@@H](O[C@@H]2CCCOC2)[C@H](O)[C@H](O)[C@H]1O[C@H]1C[C@@H](O[C@@H]2OC[C@@H](O)[C@H](O)[C@H]2O)[C@H](O)CO1. The first-order chi connectivity index (χ1) is 16.2. The molecule has 0 aromatic carbocycles. The number of aliphatic hydroxyl groups is 6. The first-order valence-electron chi connectivity index (χ1n) is 11.8.